The predicted molar refractivity (Wildman–Crippen MR) is 103 cm³/mol. The van der Waals surface area contributed by atoms with Crippen LogP contribution in [-0.2, 0) is 16.6 Å². The molecule has 0 fully saturated rings. The van der Waals surface area contributed by atoms with Gasteiger partial charge in [0.2, 0.25) is 10.0 Å². The highest BCUT2D eigenvalue weighted by molar-refractivity contribution is 7.89. The Morgan fingerprint density at radius 3 is 2.68 bits per heavy atom. The van der Waals surface area contributed by atoms with Crippen molar-refractivity contribution in [1.82, 2.24) is 14.7 Å². The Kier molecular flexibility index (Phi) is 5.67. The summed E-state index contributed by atoms with van der Waals surface area (Å²) >= 11 is 0. The summed E-state index contributed by atoms with van der Waals surface area (Å²) in [7, 11) is -2.49. The number of sulfonamides is 1. The first-order chi connectivity index (χ1) is 13.4. The highest BCUT2D eigenvalue weighted by atomic mass is 32.2. The lowest BCUT2D eigenvalue weighted by molar-refractivity contribution is 0.0997. The van der Waals surface area contributed by atoms with E-state index in [9.17, 15) is 13.2 Å². The minimum absolute atomic E-state index is 0.00634. The second-order valence-electron chi connectivity index (χ2n) is 5.84. The van der Waals surface area contributed by atoms with Gasteiger partial charge in [-0.1, -0.05) is 0 Å². The van der Waals surface area contributed by atoms with Gasteiger partial charge in [0.15, 0.2) is 0 Å². The largest absolute Gasteiger partial charge is 0.496 e. The summed E-state index contributed by atoms with van der Waals surface area (Å²) < 4.78 is 32.8. The van der Waals surface area contributed by atoms with Crippen LogP contribution in [0.15, 0.2) is 66.0 Å². The standard InChI is InChI=1S/C19H18N4O4S/c1-27-18-5-4-15(10-16(18)19(20)24)28(25,26)23-11-13-6-8-22-17(9-13)14-3-2-7-21-12-14/h2-10,12,23H,11H2,1H3,(H2,20,24). The molecule has 0 saturated heterocycles. The molecule has 144 valence electrons. The lowest BCUT2D eigenvalue weighted by Crippen LogP contribution is -2.24. The van der Waals surface area contributed by atoms with Crippen molar-refractivity contribution < 1.29 is 17.9 Å². The fourth-order valence-corrected chi connectivity index (χ4v) is 3.61. The van der Waals surface area contributed by atoms with Crippen LogP contribution in [-0.4, -0.2) is 31.4 Å². The topological polar surface area (TPSA) is 124 Å². The van der Waals surface area contributed by atoms with Gasteiger partial charge in [-0.2, -0.15) is 0 Å². The summed E-state index contributed by atoms with van der Waals surface area (Å²) in [6.45, 7) is 0.0516. The van der Waals surface area contributed by atoms with E-state index in [1.54, 1.807) is 36.8 Å². The lowest BCUT2D eigenvalue weighted by Gasteiger charge is -2.11. The van der Waals surface area contributed by atoms with Crippen molar-refractivity contribution in [3.63, 3.8) is 0 Å². The number of nitrogens with zero attached hydrogens (tertiary/aromatic N) is 2. The molecule has 3 aromatic rings. The average molecular weight is 398 g/mol. The van der Waals surface area contributed by atoms with Crippen LogP contribution in [0.1, 0.15) is 15.9 Å². The van der Waals surface area contributed by atoms with Crippen LogP contribution < -0.4 is 15.2 Å². The van der Waals surface area contributed by atoms with E-state index in [0.717, 1.165) is 11.1 Å². The van der Waals surface area contributed by atoms with Gasteiger partial charge in [-0.3, -0.25) is 14.8 Å². The summed E-state index contributed by atoms with van der Waals surface area (Å²) in [5.41, 5.74) is 7.52. The summed E-state index contributed by atoms with van der Waals surface area (Å²) in [6, 6.07) is 11.1. The van der Waals surface area contributed by atoms with E-state index in [1.165, 1.54) is 25.3 Å². The Hall–Kier alpha value is -3.30. The number of primary amides is 1. The molecule has 0 aliphatic carbocycles. The van der Waals surface area contributed by atoms with Gasteiger partial charge in [0.25, 0.3) is 5.91 Å². The molecule has 0 aliphatic heterocycles. The maximum Gasteiger partial charge on any atom is 0.252 e. The van der Waals surface area contributed by atoms with Crippen LogP contribution in [0.4, 0.5) is 0 Å². The Labute approximate surface area is 162 Å². The first-order valence-corrected chi connectivity index (χ1v) is 9.72. The zero-order valence-electron chi connectivity index (χ0n) is 15.0. The highest BCUT2D eigenvalue weighted by Crippen LogP contribution is 2.22. The van der Waals surface area contributed by atoms with Crippen LogP contribution in [0, 0.1) is 0 Å². The van der Waals surface area contributed by atoms with E-state index in [0.29, 0.717) is 5.69 Å². The number of nitrogens with two attached hydrogens (primary N) is 1. The summed E-state index contributed by atoms with van der Waals surface area (Å²) in [5, 5.41) is 0. The monoisotopic (exact) mass is 398 g/mol. The smallest absolute Gasteiger partial charge is 0.252 e. The number of rotatable bonds is 7. The van der Waals surface area contributed by atoms with Gasteiger partial charge < -0.3 is 10.5 Å². The molecule has 0 atom stereocenters. The molecule has 3 rings (SSSR count). The quantitative estimate of drug-likeness (QED) is 0.624. The van der Waals surface area contributed by atoms with Gasteiger partial charge >= 0.3 is 0 Å². The number of pyridine rings is 2. The zero-order valence-corrected chi connectivity index (χ0v) is 15.8. The number of carbonyl (C=O) groups is 1. The van der Waals surface area contributed by atoms with Crippen molar-refractivity contribution in [2.75, 3.05) is 7.11 Å². The molecular formula is C19H18N4O4S. The van der Waals surface area contributed by atoms with Crippen LogP contribution in [0.5, 0.6) is 5.75 Å². The van der Waals surface area contributed by atoms with E-state index in [4.69, 9.17) is 10.5 Å². The van der Waals surface area contributed by atoms with Crippen LogP contribution in [0.2, 0.25) is 0 Å². The number of carbonyl (C=O) groups excluding carboxylic acids is 1. The van der Waals surface area contributed by atoms with E-state index < -0.39 is 15.9 Å². The molecule has 0 saturated carbocycles. The Morgan fingerprint density at radius 2 is 2.00 bits per heavy atom. The molecule has 28 heavy (non-hydrogen) atoms. The molecule has 2 heterocycles. The van der Waals surface area contributed by atoms with E-state index in [1.807, 2.05) is 6.07 Å². The summed E-state index contributed by atoms with van der Waals surface area (Å²) in [5.74, 6) is -0.564. The summed E-state index contributed by atoms with van der Waals surface area (Å²) in [6.07, 6.45) is 4.94. The van der Waals surface area contributed by atoms with Gasteiger partial charge in [0, 0.05) is 30.7 Å². The molecular weight excluding hydrogens is 380 g/mol. The van der Waals surface area contributed by atoms with Crippen molar-refractivity contribution >= 4 is 15.9 Å². The normalized spacial score (nSPS) is 11.2. The molecule has 0 aliphatic rings. The molecule has 2 aromatic heterocycles. The summed E-state index contributed by atoms with van der Waals surface area (Å²) in [4.78, 5) is 19.8. The maximum atomic E-state index is 12.6. The number of methoxy groups -OCH3 is 1. The maximum absolute atomic E-state index is 12.6. The van der Waals surface area contributed by atoms with Crippen LogP contribution in [0.25, 0.3) is 11.3 Å². The molecule has 0 bridgehead atoms. The second kappa shape index (κ2) is 8.15. The Morgan fingerprint density at radius 1 is 1.18 bits per heavy atom. The van der Waals surface area contributed by atoms with E-state index in [2.05, 4.69) is 14.7 Å². The Balaban J connectivity index is 1.81. The molecule has 0 spiro atoms. The van der Waals surface area contributed by atoms with Gasteiger partial charge in [0.1, 0.15) is 5.75 Å². The molecule has 9 heteroatoms. The fourth-order valence-electron chi connectivity index (χ4n) is 2.56. The van der Waals surface area contributed by atoms with Gasteiger partial charge in [0.05, 0.1) is 23.3 Å². The molecule has 1 amide bonds. The van der Waals surface area contributed by atoms with Crippen molar-refractivity contribution in [3.05, 3.63) is 72.2 Å². The number of hydrogen-bond acceptors (Lipinski definition) is 6. The van der Waals surface area contributed by atoms with Crippen LogP contribution >= 0.6 is 0 Å². The van der Waals surface area contributed by atoms with Crippen molar-refractivity contribution in [2.24, 2.45) is 5.73 Å². The third-order valence-corrected chi connectivity index (χ3v) is 5.39. The second-order valence-corrected chi connectivity index (χ2v) is 7.61. The number of aromatic nitrogens is 2. The number of hydrogen-bond donors (Lipinski definition) is 2. The Bertz CT molecular complexity index is 1100. The molecule has 8 nitrogen and oxygen atoms in total. The van der Waals surface area contributed by atoms with Gasteiger partial charge in [-0.05, 0) is 48.0 Å². The van der Waals surface area contributed by atoms with Crippen molar-refractivity contribution in [2.45, 2.75) is 11.4 Å². The van der Waals surface area contributed by atoms with Gasteiger partial charge in [-0.25, -0.2) is 13.1 Å². The van der Waals surface area contributed by atoms with Crippen molar-refractivity contribution in [3.8, 4) is 17.0 Å². The molecule has 1 aromatic carbocycles. The number of ether oxygens (including phenoxy) is 1. The fraction of sp³-hybridized carbons (Fsp3) is 0.105. The molecule has 3 N–H and O–H groups in total. The van der Waals surface area contributed by atoms with E-state index >= 15 is 0 Å². The number of nitrogens with one attached hydrogen (secondary N) is 1. The third-order valence-electron chi connectivity index (χ3n) is 3.99. The molecule has 0 radical (unpaired) electrons. The SMILES string of the molecule is COc1ccc(S(=O)(=O)NCc2ccnc(-c3cccnc3)c2)cc1C(N)=O. The van der Waals surface area contributed by atoms with E-state index in [-0.39, 0.29) is 22.8 Å². The predicted octanol–water partition coefficient (Wildman–Crippen LogP) is 1.73. The first-order valence-electron chi connectivity index (χ1n) is 8.23. The van der Waals surface area contributed by atoms with Crippen LogP contribution in [0.3, 0.4) is 0 Å². The number of benzene rings is 1. The van der Waals surface area contributed by atoms with Crippen molar-refractivity contribution in [1.29, 1.82) is 0 Å². The third kappa shape index (κ3) is 4.33. The zero-order chi connectivity index (χ0) is 20.1. The average Bonchev–Trinajstić information content (AvgIpc) is 2.72. The minimum atomic E-state index is -3.86. The number of amides is 1. The first kappa shape index (κ1) is 19.5. The highest BCUT2D eigenvalue weighted by Gasteiger charge is 2.18. The van der Waals surface area contributed by atoms with Gasteiger partial charge in [-0.15, -0.1) is 0 Å². The molecule has 0 unspecified atom stereocenters. The lowest BCUT2D eigenvalue weighted by atomic mass is 10.1. The minimum Gasteiger partial charge on any atom is -0.496 e.